The van der Waals surface area contributed by atoms with E-state index < -0.39 is 0 Å². The van der Waals surface area contributed by atoms with Gasteiger partial charge in [0.15, 0.2) is 5.75 Å². The Morgan fingerprint density at radius 3 is 2.84 bits per heavy atom. The van der Waals surface area contributed by atoms with Gasteiger partial charge in [0.05, 0.1) is 0 Å². The Bertz CT molecular complexity index is 644. The molecule has 3 rings (SSSR count). The van der Waals surface area contributed by atoms with Gasteiger partial charge < -0.3 is 4.89 Å². The van der Waals surface area contributed by atoms with Crippen LogP contribution in [-0.4, -0.2) is 12.9 Å². The Kier molecular flexibility index (Phi) is 3.12. The zero-order valence-corrected chi connectivity index (χ0v) is 10.2. The van der Waals surface area contributed by atoms with Gasteiger partial charge in [-0.3, -0.25) is 4.79 Å². The van der Waals surface area contributed by atoms with Gasteiger partial charge in [0.1, 0.15) is 12.9 Å². The van der Waals surface area contributed by atoms with Crippen molar-refractivity contribution in [2.45, 2.75) is 0 Å². The van der Waals surface area contributed by atoms with Crippen molar-refractivity contribution < 1.29 is 14.6 Å². The number of carbonyl (C=O) groups excluding carboxylic acids is 1. The van der Waals surface area contributed by atoms with Gasteiger partial charge in [-0.25, -0.2) is 0 Å². The minimum absolute atomic E-state index is 0.435. The summed E-state index contributed by atoms with van der Waals surface area (Å²) in [5.41, 5.74) is 3.68. The molecule has 0 radical (unpaired) electrons. The summed E-state index contributed by atoms with van der Waals surface area (Å²) in [6.45, 7) is 0.435. The molecule has 2 aromatic rings. The smallest absolute Gasteiger partial charge is 0.172 e. The summed E-state index contributed by atoms with van der Waals surface area (Å²) in [7, 11) is 0. The van der Waals surface area contributed by atoms with Crippen LogP contribution in [-0.2, 0) is 4.89 Å². The highest BCUT2D eigenvalue weighted by Crippen LogP contribution is 2.29. The van der Waals surface area contributed by atoms with Gasteiger partial charge >= 0.3 is 0 Å². The van der Waals surface area contributed by atoms with E-state index in [1.54, 1.807) is 6.07 Å². The number of carbonyl (C=O) groups is 1. The third-order valence-corrected chi connectivity index (χ3v) is 2.98. The Morgan fingerprint density at radius 1 is 1.05 bits per heavy atom. The van der Waals surface area contributed by atoms with E-state index in [9.17, 15) is 4.79 Å². The van der Waals surface area contributed by atoms with Crippen LogP contribution in [0.3, 0.4) is 0 Å². The molecule has 1 heterocycles. The van der Waals surface area contributed by atoms with Gasteiger partial charge in [0, 0.05) is 11.1 Å². The molecular weight excluding hydrogens is 240 g/mol. The lowest BCUT2D eigenvalue weighted by Gasteiger charge is -2.07. The SMILES string of the molecule is O=Cc1cccc(-c2ccc3c(c2)C=CCOO3)c1. The zero-order valence-electron chi connectivity index (χ0n) is 10.2. The van der Waals surface area contributed by atoms with Crippen LogP contribution in [0.1, 0.15) is 15.9 Å². The van der Waals surface area contributed by atoms with E-state index in [-0.39, 0.29) is 0 Å². The van der Waals surface area contributed by atoms with Crippen molar-refractivity contribution in [1.29, 1.82) is 0 Å². The summed E-state index contributed by atoms with van der Waals surface area (Å²) in [5.74, 6) is 0.698. The summed E-state index contributed by atoms with van der Waals surface area (Å²) >= 11 is 0. The van der Waals surface area contributed by atoms with E-state index in [0.717, 1.165) is 23.0 Å². The Hall–Kier alpha value is -2.39. The molecule has 0 fully saturated rings. The van der Waals surface area contributed by atoms with Crippen molar-refractivity contribution in [2.24, 2.45) is 0 Å². The number of hydrogen-bond acceptors (Lipinski definition) is 3. The predicted molar refractivity (Wildman–Crippen MR) is 72.9 cm³/mol. The molecule has 0 saturated carbocycles. The highest BCUT2D eigenvalue weighted by Gasteiger charge is 2.08. The van der Waals surface area contributed by atoms with Crippen LogP contribution in [0.4, 0.5) is 0 Å². The van der Waals surface area contributed by atoms with Crippen LogP contribution in [0.2, 0.25) is 0 Å². The first-order valence-electron chi connectivity index (χ1n) is 6.02. The molecule has 0 bridgehead atoms. The lowest BCUT2D eigenvalue weighted by atomic mass is 10.0. The molecule has 1 aliphatic heterocycles. The molecule has 0 N–H and O–H groups in total. The van der Waals surface area contributed by atoms with Crippen LogP contribution in [0, 0.1) is 0 Å². The largest absolute Gasteiger partial charge is 0.337 e. The Labute approximate surface area is 111 Å². The molecule has 0 atom stereocenters. The van der Waals surface area contributed by atoms with Gasteiger partial charge in [-0.1, -0.05) is 36.4 Å². The summed E-state index contributed by atoms with van der Waals surface area (Å²) < 4.78 is 0. The second-order valence-corrected chi connectivity index (χ2v) is 4.27. The number of fused-ring (bicyclic) bond motifs is 1. The first-order chi connectivity index (χ1) is 9.36. The minimum atomic E-state index is 0.435. The molecular formula is C16H12O3. The normalized spacial score (nSPS) is 13.3. The molecule has 0 saturated heterocycles. The lowest BCUT2D eigenvalue weighted by Crippen LogP contribution is -1.95. The average molecular weight is 252 g/mol. The van der Waals surface area contributed by atoms with Crippen LogP contribution < -0.4 is 4.89 Å². The topological polar surface area (TPSA) is 35.5 Å². The minimum Gasteiger partial charge on any atom is -0.337 e. The third-order valence-electron chi connectivity index (χ3n) is 2.98. The fourth-order valence-electron chi connectivity index (χ4n) is 2.04. The second-order valence-electron chi connectivity index (χ2n) is 4.27. The van der Waals surface area contributed by atoms with Crippen molar-refractivity contribution in [1.82, 2.24) is 0 Å². The highest BCUT2D eigenvalue weighted by molar-refractivity contribution is 5.79. The molecule has 0 amide bonds. The van der Waals surface area contributed by atoms with Crippen LogP contribution in [0.15, 0.2) is 48.5 Å². The molecule has 94 valence electrons. The fourth-order valence-corrected chi connectivity index (χ4v) is 2.04. The third kappa shape index (κ3) is 2.41. The van der Waals surface area contributed by atoms with E-state index in [4.69, 9.17) is 9.78 Å². The number of aldehydes is 1. The number of benzene rings is 2. The van der Waals surface area contributed by atoms with E-state index in [0.29, 0.717) is 17.9 Å². The summed E-state index contributed by atoms with van der Waals surface area (Å²) in [6, 6.07) is 13.3. The monoisotopic (exact) mass is 252 g/mol. The first kappa shape index (κ1) is 11.7. The standard InChI is InChI=1S/C16H12O3/c17-11-12-3-1-4-13(9-12)14-6-7-16-15(10-14)5-2-8-18-19-16/h1-7,9-11H,8H2. The van der Waals surface area contributed by atoms with E-state index in [1.165, 1.54) is 0 Å². The van der Waals surface area contributed by atoms with Crippen molar-refractivity contribution in [3.63, 3.8) is 0 Å². The summed E-state index contributed by atoms with van der Waals surface area (Å²) in [6.07, 6.45) is 4.72. The molecule has 2 aromatic carbocycles. The molecule has 3 nitrogen and oxygen atoms in total. The quantitative estimate of drug-likeness (QED) is 0.606. The van der Waals surface area contributed by atoms with Crippen molar-refractivity contribution in [3.05, 3.63) is 59.7 Å². The van der Waals surface area contributed by atoms with E-state index in [1.807, 2.05) is 48.6 Å². The maximum absolute atomic E-state index is 10.8. The molecule has 0 unspecified atom stereocenters. The number of hydrogen-bond donors (Lipinski definition) is 0. The first-order valence-corrected chi connectivity index (χ1v) is 6.02. The molecule has 3 heteroatoms. The fraction of sp³-hybridized carbons (Fsp3) is 0.0625. The average Bonchev–Trinajstić information content (AvgIpc) is 2.71. The zero-order chi connectivity index (χ0) is 13.1. The number of rotatable bonds is 2. The molecule has 0 spiro atoms. The van der Waals surface area contributed by atoms with E-state index >= 15 is 0 Å². The van der Waals surface area contributed by atoms with Crippen molar-refractivity contribution in [2.75, 3.05) is 6.61 Å². The molecule has 1 aliphatic rings. The van der Waals surface area contributed by atoms with Gasteiger partial charge in [-0.05, 0) is 29.3 Å². The van der Waals surface area contributed by atoms with Gasteiger partial charge in [-0.2, -0.15) is 4.89 Å². The van der Waals surface area contributed by atoms with Crippen LogP contribution in [0.5, 0.6) is 5.75 Å². The predicted octanol–water partition coefficient (Wildman–Crippen LogP) is 3.50. The highest BCUT2D eigenvalue weighted by atomic mass is 17.2. The summed E-state index contributed by atoms with van der Waals surface area (Å²) in [5, 5.41) is 0. The van der Waals surface area contributed by atoms with Crippen molar-refractivity contribution in [3.8, 4) is 16.9 Å². The van der Waals surface area contributed by atoms with Gasteiger partial charge in [0.2, 0.25) is 0 Å². The Morgan fingerprint density at radius 2 is 1.95 bits per heavy atom. The summed E-state index contributed by atoms with van der Waals surface area (Å²) in [4.78, 5) is 21.0. The van der Waals surface area contributed by atoms with Crippen LogP contribution in [0.25, 0.3) is 17.2 Å². The lowest BCUT2D eigenvalue weighted by molar-refractivity contribution is -0.194. The van der Waals surface area contributed by atoms with Gasteiger partial charge in [-0.15, -0.1) is 0 Å². The second kappa shape index (κ2) is 5.08. The van der Waals surface area contributed by atoms with Crippen molar-refractivity contribution >= 4 is 12.4 Å². The maximum atomic E-state index is 10.8. The molecule has 0 aliphatic carbocycles. The molecule has 0 aromatic heterocycles. The Balaban J connectivity index is 2.05. The van der Waals surface area contributed by atoms with E-state index in [2.05, 4.69) is 0 Å². The maximum Gasteiger partial charge on any atom is 0.172 e. The van der Waals surface area contributed by atoms with Gasteiger partial charge in [0.25, 0.3) is 0 Å². The van der Waals surface area contributed by atoms with Crippen LogP contribution >= 0.6 is 0 Å². The molecule has 19 heavy (non-hydrogen) atoms.